The van der Waals surface area contributed by atoms with Gasteiger partial charge in [0.05, 0.1) is 22.4 Å². The zero-order chi connectivity index (χ0) is 56.3. The average molecular weight is 1080 g/mol. The number of para-hydroxylation sites is 7. The fourth-order valence-corrected chi connectivity index (χ4v) is 14.5. The van der Waals surface area contributed by atoms with Gasteiger partial charge in [-0.3, -0.25) is 0 Å². The average Bonchev–Trinajstić information content (AvgIpc) is 1.02. The number of hydrogen-bond donors (Lipinski definition) is 0. The molecule has 0 spiro atoms. The van der Waals surface area contributed by atoms with Crippen LogP contribution in [0.15, 0.2) is 253 Å². The minimum absolute atomic E-state index is 0.181. The Morgan fingerprint density at radius 1 is 0.310 bits per heavy atom. The SMILES string of the molecule is CC(C)(C)c1cc2c3c(c1)N(c1ccccc1)c1cc4c(cc1B3c1cc3c(cc1N2c1ccccc1)B1c2oc5ccccc5c2N(c2ccccc2)c2cc(C(C)(C)C)cc(c21)N3c1ccccc1)c1ccccc1n4-c1ccccc1. The van der Waals surface area contributed by atoms with E-state index in [1.54, 1.807) is 0 Å². The second-order valence-electron chi connectivity index (χ2n) is 25.3. The number of rotatable bonds is 5. The highest BCUT2D eigenvalue weighted by molar-refractivity contribution is 7.02. The van der Waals surface area contributed by atoms with E-state index in [0.29, 0.717) is 0 Å². The van der Waals surface area contributed by atoms with Gasteiger partial charge in [-0.2, -0.15) is 0 Å². The van der Waals surface area contributed by atoms with Crippen LogP contribution in [-0.4, -0.2) is 18.0 Å². The van der Waals surface area contributed by atoms with Crippen LogP contribution in [0.2, 0.25) is 0 Å². The Kier molecular flexibility index (Phi) is 10.3. The smallest absolute Gasteiger partial charge is 0.297 e. The van der Waals surface area contributed by atoms with E-state index < -0.39 is 0 Å². The Labute approximate surface area is 491 Å². The molecule has 0 radical (unpaired) electrons. The topological polar surface area (TPSA) is 31.0 Å². The molecule has 0 fully saturated rings. The van der Waals surface area contributed by atoms with Crippen molar-refractivity contribution >= 4 is 147 Å². The number of hydrogen-bond acceptors (Lipinski definition) is 5. The lowest BCUT2D eigenvalue weighted by Crippen LogP contribution is -2.64. The molecule has 17 rings (SSSR count). The first-order valence-electron chi connectivity index (χ1n) is 29.6. The van der Waals surface area contributed by atoms with Gasteiger partial charge >= 0.3 is 0 Å². The van der Waals surface area contributed by atoms with Crippen LogP contribution < -0.4 is 52.6 Å². The molecule has 4 aliphatic heterocycles. The maximum absolute atomic E-state index is 7.45. The van der Waals surface area contributed by atoms with E-state index in [9.17, 15) is 0 Å². The van der Waals surface area contributed by atoms with Crippen LogP contribution in [0.25, 0.3) is 38.5 Å². The summed E-state index contributed by atoms with van der Waals surface area (Å²) in [5.74, 6) is 0. The van der Waals surface area contributed by atoms with Crippen molar-refractivity contribution in [3.63, 3.8) is 0 Å². The summed E-state index contributed by atoms with van der Waals surface area (Å²) in [6.07, 6.45) is 0. The first-order chi connectivity index (χ1) is 41.0. The number of nitrogens with zero attached hydrogens (tertiary/aromatic N) is 5. The minimum Gasteiger partial charge on any atom is -0.468 e. The standard InChI is InChI=1S/C76H59B2N5O/c1-75(2,3)48-40-66-71-67(41-48)82(53-32-18-10-19-33-53)65-47-62-57(55-36-22-24-38-61(55)79(62)50-26-12-7-13-27-50)44-58(65)77(71)59-45-64-60(46-63(59)80(66)51-28-14-8-15-29-51)78-72-68(81(64)52-30-16-9-17-31-52)42-49(76(4,5)6)43-69(72)83(54-34-20-11-21-35-54)73-56-37-23-25-39-70(56)84-74(73)78/h7-47H,1-6H3. The number of furan rings is 1. The Morgan fingerprint density at radius 2 is 0.690 bits per heavy atom. The van der Waals surface area contributed by atoms with Crippen LogP contribution >= 0.6 is 0 Å². The largest absolute Gasteiger partial charge is 0.468 e. The van der Waals surface area contributed by atoms with E-state index in [0.717, 1.165) is 67.8 Å². The molecule has 0 N–H and O–H groups in total. The van der Waals surface area contributed by atoms with E-state index in [2.05, 4.69) is 314 Å². The van der Waals surface area contributed by atoms with Crippen LogP contribution in [0.4, 0.5) is 68.2 Å². The van der Waals surface area contributed by atoms with Crippen LogP contribution in [0, 0.1) is 0 Å². The molecule has 6 nitrogen and oxygen atoms in total. The molecule has 0 aliphatic carbocycles. The zero-order valence-electron chi connectivity index (χ0n) is 48.0. The van der Waals surface area contributed by atoms with Crippen LogP contribution in [-0.2, 0) is 10.8 Å². The zero-order valence-corrected chi connectivity index (χ0v) is 48.0. The molecule has 0 atom stereocenters. The van der Waals surface area contributed by atoms with E-state index in [1.165, 1.54) is 83.0 Å². The molecule has 2 aromatic heterocycles. The van der Waals surface area contributed by atoms with Crippen molar-refractivity contribution in [2.24, 2.45) is 0 Å². The molecule has 400 valence electrons. The first kappa shape index (κ1) is 48.8. The Bertz CT molecular complexity index is 4830. The third-order valence-corrected chi connectivity index (χ3v) is 18.4. The fraction of sp³-hybridized carbons (Fsp3) is 0.105. The lowest BCUT2D eigenvalue weighted by Gasteiger charge is -2.47. The normalized spacial score (nSPS) is 13.9. The van der Waals surface area contributed by atoms with Gasteiger partial charge in [0.25, 0.3) is 13.4 Å². The summed E-state index contributed by atoms with van der Waals surface area (Å²) in [7, 11) is 0. The second-order valence-corrected chi connectivity index (χ2v) is 25.3. The van der Waals surface area contributed by atoms with Crippen molar-refractivity contribution in [3.05, 3.63) is 260 Å². The third kappa shape index (κ3) is 7.00. The molecule has 0 amide bonds. The van der Waals surface area contributed by atoms with Crippen LogP contribution in [0.1, 0.15) is 52.7 Å². The van der Waals surface area contributed by atoms with Gasteiger partial charge in [-0.1, -0.05) is 169 Å². The van der Waals surface area contributed by atoms with Gasteiger partial charge in [-0.15, -0.1) is 0 Å². The molecule has 0 saturated carbocycles. The van der Waals surface area contributed by atoms with E-state index >= 15 is 0 Å². The van der Waals surface area contributed by atoms with Crippen molar-refractivity contribution in [2.75, 3.05) is 19.6 Å². The van der Waals surface area contributed by atoms with Gasteiger partial charge in [0.2, 0.25) is 0 Å². The van der Waals surface area contributed by atoms with Crippen LogP contribution in [0.5, 0.6) is 0 Å². The van der Waals surface area contributed by atoms with E-state index in [-0.39, 0.29) is 24.3 Å². The van der Waals surface area contributed by atoms with Gasteiger partial charge in [0.15, 0.2) is 0 Å². The highest BCUT2D eigenvalue weighted by Gasteiger charge is 2.51. The molecule has 84 heavy (non-hydrogen) atoms. The number of fused-ring (bicyclic) bond motifs is 13. The highest BCUT2D eigenvalue weighted by Crippen LogP contribution is 2.52. The predicted molar refractivity (Wildman–Crippen MR) is 356 cm³/mol. The summed E-state index contributed by atoms with van der Waals surface area (Å²) >= 11 is 0. The molecular formula is C76H59B2N5O. The first-order valence-corrected chi connectivity index (χ1v) is 29.6. The summed E-state index contributed by atoms with van der Waals surface area (Å²) in [4.78, 5) is 10.2. The molecule has 4 aliphatic rings. The third-order valence-electron chi connectivity index (χ3n) is 18.4. The summed E-state index contributed by atoms with van der Waals surface area (Å²) in [6, 6.07) is 92.9. The number of anilines is 12. The maximum atomic E-state index is 7.45. The van der Waals surface area contributed by atoms with Gasteiger partial charge < -0.3 is 28.6 Å². The van der Waals surface area contributed by atoms with Gasteiger partial charge in [0, 0.05) is 84.4 Å². The molecule has 11 aromatic carbocycles. The summed E-state index contributed by atoms with van der Waals surface area (Å²) in [6.45, 7) is 13.7. The van der Waals surface area contributed by atoms with Gasteiger partial charge in [-0.25, -0.2) is 0 Å². The molecule has 0 saturated heterocycles. The number of aromatic nitrogens is 1. The van der Waals surface area contributed by atoms with Gasteiger partial charge in [0.1, 0.15) is 5.58 Å². The van der Waals surface area contributed by atoms with Crippen molar-refractivity contribution in [2.45, 2.75) is 52.4 Å². The summed E-state index contributed by atoms with van der Waals surface area (Å²) in [5.41, 5.74) is 27.4. The Morgan fingerprint density at radius 3 is 1.19 bits per heavy atom. The van der Waals surface area contributed by atoms with Crippen molar-refractivity contribution in [1.29, 1.82) is 0 Å². The van der Waals surface area contributed by atoms with Gasteiger partial charge in [-0.05, 0) is 171 Å². The molecule has 6 heterocycles. The minimum atomic E-state index is -0.266. The highest BCUT2D eigenvalue weighted by atomic mass is 16.3. The quantitative estimate of drug-likeness (QED) is 0.160. The molecule has 13 aromatic rings. The monoisotopic (exact) mass is 1080 g/mol. The van der Waals surface area contributed by atoms with Crippen molar-refractivity contribution in [3.8, 4) is 5.69 Å². The molecule has 0 unspecified atom stereocenters. The lowest BCUT2D eigenvalue weighted by atomic mass is 9.31. The Balaban J connectivity index is 1.04. The molecule has 0 bridgehead atoms. The fourth-order valence-electron chi connectivity index (χ4n) is 14.5. The summed E-state index contributed by atoms with van der Waals surface area (Å²) < 4.78 is 9.91. The lowest BCUT2D eigenvalue weighted by molar-refractivity contribution is 0.590. The van der Waals surface area contributed by atoms with E-state index in [4.69, 9.17) is 4.42 Å². The van der Waals surface area contributed by atoms with Crippen molar-refractivity contribution in [1.82, 2.24) is 4.57 Å². The van der Waals surface area contributed by atoms with Crippen LogP contribution in [0.3, 0.4) is 0 Å². The van der Waals surface area contributed by atoms with E-state index in [1.807, 2.05) is 0 Å². The Hall–Kier alpha value is -9.91. The second kappa shape index (κ2) is 17.8. The summed E-state index contributed by atoms with van der Waals surface area (Å²) in [5, 5.41) is 3.55. The molecule has 8 heteroatoms. The predicted octanol–water partition coefficient (Wildman–Crippen LogP) is 16.3. The maximum Gasteiger partial charge on any atom is 0.297 e. The number of benzene rings is 11. The van der Waals surface area contributed by atoms with Crippen molar-refractivity contribution < 1.29 is 4.42 Å². The molecular weight excluding hydrogens is 1020 g/mol.